The monoisotopic (exact) mass is 326 g/mol. The maximum Gasteiger partial charge on any atom is 0.275 e. The van der Waals surface area contributed by atoms with Gasteiger partial charge in [0.05, 0.1) is 12.4 Å². The van der Waals surface area contributed by atoms with Gasteiger partial charge in [-0.05, 0) is 36.5 Å². The van der Waals surface area contributed by atoms with Crippen LogP contribution in [-0.4, -0.2) is 21.9 Å². The molecule has 2 aromatic rings. The minimum Gasteiger partial charge on any atom is -0.366 e. The first kappa shape index (κ1) is 17.9. The largest absolute Gasteiger partial charge is 0.366 e. The van der Waals surface area contributed by atoms with Crippen LogP contribution in [0.5, 0.6) is 0 Å². The zero-order valence-corrected chi connectivity index (χ0v) is 15.1. The molecular weight excluding hydrogens is 300 g/mol. The van der Waals surface area contributed by atoms with Crippen LogP contribution in [0.3, 0.4) is 0 Å². The molecule has 1 aromatic carbocycles. The molecule has 2 N–H and O–H groups in total. The van der Waals surface area contributed by atoms with Crippen molar-refractivity contribution in [1.82, 2.24) is 9.97 Å². The first-order chi connectivity index (χ1) is 11.3. The molecule has 0 aliphatic rings. The number of rotatable bonds is 5. The van der Waals surface area contributed by atoms with E-state index in [9.17, 15) is 4.79 Å². The van der Waals surface area contributed by atoms with Crippen molar-refractivity contribution in [2.45, 2.75) is 52.5 Å². The zero-order valence-electron chi connectivity index (χ0n) is 15.1. The Balaban J connectivity index is 2.02. The van der Waals surface area contributed by atoms with Crippen LogP contribution in [0.15, 0.2) is 36.7 Å². The molecule has 2 rings (SSSR count). The van der Waals surface area contributed by atoms with Gasteiger partial charge in [-0.3, -0.25) is 4.79 Å². The van der Waals surface area contributed by atoms with Crippen molar-refractivity contribution in [3.05, 3.63) is 47.9 Å². The van der Waals surface area contributed by atoms with E-state index < -0.39 is 0 Å². The second-order valence-corrected chi connectivity index (χ2v) is 7.02. The van der Waals surface area contributed by atoms with Crippen LogP contribution >= 0.6 is 0 Å². The fraction of sp³-hybridized carbons (Fsp3) is 0.421. The molecule has 0 saturated carbocycles. The summed E-state index contributed by atoms with van der Waals surface area (Å²) < 4.78 is 0. The summed E-state index contributed by atoms with van der Waals surface area (Å²) in [5.74, 6) is 0.413. The van der Waals surface area contributed by atoms with Gasteiger partial charge >= 0.3 is 0 Å². The van der Waals surface area contributed by atoms with Gasteiger partial charge in [-0.25, -0.2) is 9.97 Å². The minimum absolute atomic E-state index is 0.0898. The standard InChI is InChI=1S/C19H26N4O/c1-6-13(2)22-17-12-20-16(11-21-17)18(24)23-15-9-7-14(8-10-15)19(3,4)5/h7-13H,6H2,1-5H3,(H,21,22)(H,23,24). The predicted octanol–water partition coefficient (Wildman–Crippen LogP) is 4.24. The Morgan fingerprint density at radius 1 is 1.12 bits per heavy atom. The van der Waals surface area contributed by atoms with Crippen molar-refractivity contribution in [1.29, 1.82) is 0 Å². The molecule has 24 heavy (non-hydrogen) atoms. The second-order valence-electron chi connectivity index (χ2n) is 7.02. The SMILES string of the molecule is CCC(C)Nc1cnc(C(=O)Nc2ccc(C(C)(C)C)cc2)cn1. The zero-order chi connectivity index (χ0) is 17.7. The third-order valence-corrected chi connectivity index (χ3v) is 3.90. The van der Waals surface area contributed by atoms with E-state index in [2.05, 4.69) is 55.2 Å². The maximum atomic E-state index is 12.3. The Kier molecular flexibility index (Phi) is 5.54. The summed E-state index contributed by atoms with van der Waals surface area (Å²) in [6.07, 6.45) is 4.07. The predicted molar refractivity (Wildman–Crippen MR) is 98.5 cm³/mol. The average Bonchev–Trinajstić information content (AvgIpc) is 2.55. The molecule has 1 atom stereocenters. The van der Waals surface area contributed by atoms with E-state index >= 15 is 0 Å². The van der Waals surface area contributed by atoms with E-state index in [1.807, 2.05) is 24.3 Å². The molecule has 128 valence electrons. The van der Waals surface area contributed by atoms with Crippen LogP contribution in [0, 0.1) is 0 Å². The molecule has 1 unspecified atom stereocenters. The summed E-state index contributed by atoms with van der Waals surface area (Å²) in [4.78, 5) is 20.7. The van der Waals surface area contributed by atoms with E-state index in [0.29, 0.717) is 17.6 Å². The van der Waals surface area contributed by atoms with Crippen LogP contribution in [0.25, 0.3) is 0 Å². The van der Waals surface area contributed by atoms with E-state index in [1.54, 1.807) is 6.20 Å². The van der Waals surface area contributed by atoms with Crippen molar-refractivity contribution in [2.24, 2.45) is 0 Å². The van der Waals surface area contributed by atoms with Gasteiger partial charge in [-0.15, -0.1) is 0 Å². The van der Waals surface area contributed by atoms with Crippen molar-refractivity contribution >= 4 is 17.4 Å². The van der Waals surface area contributed by atoms with E-state index in [0.717, 1.165) is 12.1 Å². The first-order valence-electron chi connectivity index (χ1n) is 8.30. The quantitative estimate of drug-likeness (QED) is 0.862. The van der Waals surface area contributed by atoms with Gasteiger partial charge in [0.15, 0.2) is 0 Å². The number of nitrogens with zero attached hydrogens (tertiary/aromatic N) is 2. The lowest BCUT2D eigenvalue weighted by Gasteiger charge is -2.19. The Labute approximate surface area is 143 Å². The van der Waals surface area contributed by atoms with E-state index in [1.165, 1.54) is 11.8 Å². The smallest absolute Gasteiger partial charge is 0.275 e. The van der Waals surface area contributed by atoms with Crippen LogP contribution < -0.4 is 10.6 Å². The first-order valence-corrected chi connectivity index (χ1v) is 8.30. The third-order valence-electron chi connectivity index (χ3n) is 3.90. The molecule has 0 saturated heterocycles. The number of hydrogen-bond donors (Lipinski definition) is 2. The van der Waals surface area contributed by atoms with Crippen LogP contribution in [0.1, 0.15) is 57.1 Å². The molecule has 1 amide bonds. The molecule has 0 aliphatic carbocycles. The van der Waals surface area contributed by atoms with Gasteiger partial charge in [0.1, 0.15) is 11.5 Å². The molecule has 5 nitrogen and oxygen atoms in total. The number of anilines is 2. The van der Waals surface area contributed by atoms with Gasteiger partial charge in [0.2, 0.25) is 0 Å². The summed E-state index contributed by atoms with van der Waals surface area (Å²) in [5.41, 5.74) is 2.36. The van der Waals surface area contributed by atoms with Gasteiger partial charge in [-0.2, -0.15) is 0 Å². The molecule has 0 spiro atoms. The highest BCUT2D eigenvalue weighted by molar-refractivity contribution is 6.02. The lowest BCUT2D eigenvalue weighted by atomic mass is 9.87. The van der Waals surface area contributed by atoms with Crippen LogP contribution in [-0.2, 0) is 5.41 Å². The Bertz CT molecular complexity index is 672. The molecule has 0 radical (unpaired) electrons. The summed E-state index contributed by atoms with van der Waals surface area (Å²) in [6.45, 7) is 10.6. The third kappa shape index (κ3) is 4.78. The van der Waals surface area contributed by atoms with Crippen molar-refractivity contribution < 1.29 is 4.79 Å². The van der Waals surface area contributed by atoms with Gasteiger partial charge in [-0.1, -0.05) is 39.8 Å². The number of benzene rings is 1. The lowest BCUT2D eigenvalue weighted by molar-refractivity contribution is 0.102. The molecule has 1 aromatic heterocycles. The fourth-order valence-corrected chi connectivity index (χ4v) is 2.12. The summed E-state index contributed by atoms with van der Waals surface area (Å²) >= 11 is 0. The minimum atomic E-state index is -0.263. The number of carbonyl (C=O) groups excluding carboxylic acids is 1. The van der Waals surface area contributed by atoms with Crippen LogP contribution in [0.2, 0.25) is 0 Å². The van der Waals surface area contributed by atoms with E-state index in [-0.39, 0.29) is 11.3 Å². The van der Waals surface area contributed by atoms with Crippen molar-refractivity contribution in [3.63, 3.8) is 0 Å². The Hall–Kier alpha value is -2.43. The number of carbonyl (C=O) groups is 1. The van der Waals surface area contributed by atoms with Gasteiger partial charge in [0.25, 0.3) is 5.91 Å². The molecule has 1 heterocycles. The molecular formula is C19H26N4O. The number of amides is 1. The van der Waals surface area contributed by atoms with Crippen LogP contribution in [0.4, 0.5) is 11.5 Å². The van der Waals surface area contributed by atoms with Crippen molar-refractivity contribution in [3.8, 4) is 0 Å². The molecule has 0 fully saturated rings. The second kappa shape index (κ2) is 7.43. The molecule has 5 heteroatoms. The lowest BCUT2D eigenvalue weighted by Crippen LogP contribution is -2.17. The number of nitrogens with one attached hydrogen (secondary N) is 2. The summed E-state index contributed by atoms with van der Waals surface area (Å²) in [7, 11) is 0. The topological polar surface area (TPSA) is 66.9 Å². The van der Waals surface area contributed by atoms with E-state index in [4.69, 9.17) is 0 Å². The highest BCUT2D eigenvalue weighted by atomic mass is 16.1. The number of hydrogen-bond acceptors (Lipinski definition) is 4. The summed E-state index contributed by atoms with van der Waals surface area (Å²) in [5, 5.41) is 6.07. The number of aromatic nitrogens is 2. The van der Waals surface area contributed by atoms with Gasteiger partial charge in [0, 0.05) is 11.7 Å². The Morgan fingerprint density at radius 2 is 1.79 bits per heavy atom. The molecule has 0 aliphatic heterocycles. The van der Waals surface area contributed by atoms with Crippen molar-refractivity contribution in [2.75, 3.05) is 10.6 Å². The fourth-order valence-electron chi connectivity index (χ4n) is 2.12. The molecule has 0 bridgehead atoms. The maximum absolute atomic E-state index is 12.3. The normalized spacial score (nSPS) is 12.5. The Morgan fingerprint density at radius 3 is 2.29 bits per heavy atom. The summed E-state index contributed by atoms with van der Waals surface area (Å²) in [6, 6.07) is 8.19. The highest BCUT2D eigenvalue weighted by Gasteiger charge is 2.14. The highest BCUT2D eigenvalue weighted by Crippen LogP contribution is 2.23. The van der Waals surface area contributed by atoms with Gasteiger partial charge < -0.3 is 10.6 Å². The average molecular weight is 326 g/mol.